The van der Waals surface area contributed by atoms with Gasteiger partial charge in [0.2, 0.25) is 5.85 Å². The van der Waals surface area contributed by atoms with Crippen molar-refractivity contribution in [3.63, 3.8) is 0 Å². The van der Waals surface area contributed by atoms with Crippen LogP contribution in [0.25, 0.3) is 0 Å². The third kappa shape index (κ3) is 0.981. The summed E-state index contributed by atoms with van der Waals surface area (Å²) in [7, 11) is 0. The molecule has 1 aliphatic rings. The monoisotopic (exact) mass is 244 g/mol. The van der Waals surface area contributed by atoms with Crippen LogP contribution in [0.3, 0.4) is 0 Å². The van der Waals surface area contributed by atoms with E-state index >= 15 is 0 Å². The van der Waals surface area contributed by atoms with Gasteiger partial charge in [0.1, 0.15) is 0 Å². The summed E-state index contributed by atoms with van der Waals surface area (Å²) in [6.07, 6.45) is 1.21. The van der Waals surface area contributed by atoms with Gasteiger partial charge in [0.25, 0.3) is 0 Å². The molecule has 9 heavy (non-hydrogen) atoms. The van der Waals surface area contributed by atoms with E-state index in [4.69, 9.17) is 4.74 Å². The van der Waals surface area contributed by atoms with Crippen molar-refractivity contribution in [3.8, 4) is 0 Å². The quantitative estimate of drug-likeness (QED) is 0.413. The predicted molar refractivity (Wildman–Crippen MR) is 42.3 cm³/mol. The maximum atomic E-state index is 13.0. The molecule has 0 spiro atoms. The van der Waals surface area contributed by atoms with Gasteiger partial charge in [0.05, 0.1) is 0 Å². The summed E-state index contributed by atoms with van der Waals surface area (Å²) in [6.45, 7) is 3.74. The summed E-state index contributed by atoms with van der Waals surface area (Å²) in [5.41, 5.74) is 0. The molecule has 0 aromatic carbocycles. The molecule has 54 valence electrons. The predicted octanol–water partition coefficient (Wildman–Crippen LogP) is 2.63. The lowest BCUT2D eigenvalue weighted by atomic mass is 10.2. The number of alkyl halides is 2. The first-order valence-corrected chi connectivity index (χ1v) is 4.24. The first-order chi connectivity index (χ1) is 4.08. The molecular weight excluding hydrogens is 234 g/mol. The molecule has 0 aromatic heterocycles. The van der Waals surface area contributed by atoms with Gasteiger partial charge in [-0.2, -0.15) is 0 Å². The zero-order chi connectivity index (χ0) is 7.12. The molecule has 0 amide bonds. The molecule has 1 aliphatic heterocycles. The van der Waals surface area contributed by atoms with Gasteiger partial charge in [-0.3, -0.25) is 0 Å². The van der Waals surface area contributed by atoms with E-state index < -0.39 is 9.46 Å². The Bertz CT molecular complexity index is 116. The van der Waals surface area contributed by atoms with Crippen molar-refractivity contribution in [1.82, 2.24) is 0 Å². The minimum absolute atomic E-state index is 0.462. The van der Waals surface area contributed by atoms with Gasteiger partial charge in [0, 0.05) is 6.42 Å². The molecule has 0 N–H and O–H groups in total. The normalized spacial score (nSPS) is 49.3. The zero-order valence-corrected chi connectivity index (χ0v) is 7.74. The SMILES string of the molecule is CC[C@]1(F)O[C@@]1(I)CC. The summed E-state index contributed by atoms with van der Waals surface area (Å²) < 4.78 is 17.5. The third-order valence-corrected chi connectivity index (χ3v) is 3.54. The van der Waals surface area contributed by atoms with Crippen LogP contribution in [0, 0.1) is 0 Å². The Hall–Kier alpha value is 0.620. The fourth-order valence-corrected chi connectivity index (χ4v) is 1.63. The summed E-state index contributed by atoms with van der Waals surface area (Å²) in [4.78, 5) is 0. The fourth-order valence-electron chi connectivity index (χ4n) is 0.903. The number of ether oxygens (including phenoxy) is 1. The van der Waals surface area contributed by atoms with Crippen LogP contribution in [0.15, 0.2) is 0 Å². The van der Waals surface area contributed by atoms with Gasteiger partial charge in [-0.1, -0.05) is 13.8 Å². The Balaban J connectivity index is 2.54. The van der Waals surface area contributed by atoms with E-state index in [2.05, 4.69) is 0 Å². The van der Waals surface area contributed by atoms with E-state index in [9.17, 15) is 4.39 Å². The van der Waals surface area contributed by atoms with Crippen LogP contribution < -0.4 is 0 Å². The molecule has 0 saturated carbocycles. The van der Waals surface area contributed by atoms with Gasteiger partial charge in [0.15, 0.2) is 3.61 Å². The van der Waals surface area contributed by atoms with E-state index in [1.165, 1.54) is 0 Å². The Morgan fingerprint density at radius 2 is 2.00 bits per heavy atom. The maximum Gasteiger partial charge on any atom is 0.249 e. The highest BCUT2D eigenvalue weighted by atomic mass is 127. The summed E-state index contributed by atoms with van der Waals surface area (Å²) in [5.74, 6) is -1.32. The zero-order valence-electron chi connectivity index (χ0n) is 5.58. The van der Waals surface area contributed by atoms with Gasteiger partial charge >= 0.3 is 0 Å². The molecule has 1 nitrogen and oxygen atoms in total. The molecule has 0 radical (unpaired) electrons. The lowest BCUT2D eigenvalue weighted by Crippen LogP contribution is -2.12. The lowest BCUT2D eigenvalue weighted by molar-refractivity contribution is 0.136. The highest BCUT2D eigenvalue weighted by Crippen LogP contribution is 2.58. The summed E-state index contributed by atoms with van der Waals surface area (Å²) >= 11 is 2.03. The second-order valence-corrected chi connectivity index (χ2v) is 4.01. The molecule has 1 rings (SSSR count). The highest BCUT2D eigenvalue weighted by molar-refractivity contribution is 14.1. The fraction of sp³-hybridized carbons (Fsp3) is 1.00. The van der Waals surface area contributed by atoms with Gasteiger partial charge < -0.3 is 4.74 Å². The minimum atomic E-state index is -1.32. The van der Waals surface area contributed by atoms with Crippen molar-refractivity contribution in [2.75, 3.05) is 0 Å². The molecular formula is C6H10FIO. The van der Waals surface area contributed by atoms with Crippen LogP contribution >= 0.6 is 22.6 Å². The Morgan fingerprint density at radius 3 is 2.11 bits per heavy atom. The molecule has 3 heteroatoms. The van der Waals surface area contributed by atoms with Crippen LogP contribution in [-0.2, 0) is 4.74 Å². The van der Waals surface area contributed by atoms with Crippen LogP contribution in [0.5, 0.6) is 0 Å². The van der Waals surface area contributed by atoms with Crippen molar-refractivity contribution in [3.05, 3.63) is 0 Å². The van der Waals surface area contributed by atoms with Crippen LogP contribution in [0.4, 0.5) is 4.39 Å². The van der Waals surface area contributed by atoms with E-state index in [1.54, 1.807) is 6.92 Å². The van der Waals surface area contributed by atoms with Crippen molar-refractivity contribution in [1.29, 1.82) is 0 Å². The van der Waals surface area contributed by atoms with E-state index in [1.807, 2.05) is 29.5 Å². The van der Waals surface area contributed by atoms with Crippen molar-refractivity contribution < 1.29 is 9.13 Å². The second-order valence-electron chi connectivity index (χ2n) is 2.27. The minimum Gasteiger partial charge on any atom is -0.319 e. The molecule has 0 bridgehead atoms. The van der Waals surface area contributed by atoms with E-state index in [-0.39, 0.29) is 0 Å². The Kier molecular flexibility index (Phi) is 1.76. The van der Waals surface area contributed by atoms with Crippen molar-refractivity contribution in [2.45, 2.75) is 36.2 Å². The standard InChI is InChI=1S/C6H10FIO/c1-3-5(7)6(8,4-2)9-5/h3-4H2,1-2H3/t5-,6-/m0/s1. The van der Waals surface area contributed by atoms with Crippen molar-refractivity contribution >= 4 is 22.6 Å². The number of hydrogen-bond acceptors (Lipinski definition) is 1. The first kappa shape index (κ1) is 7.72. The molecule has 0 unspecified atom stereocenters. The molecule has 0 aromatic rings. The van der Waals surface area contributed by atoms with Crippen LogP contribution in [-0.4, -0.2) is 9.46 Å². The number of rotatable bonds is 2. The van der Waals surface area contributed by atoms with Crippen LogP contribution in [0.1, 0.15) is 26.7 Å². The third-order valence-electron chi connectivity index (χ3n) is 1.75. The number of epoxide rings is 1. The molecule has 1 heterocycles. The number of halogens is 2. The van der Waals surface area contributed by atoms with Gasteiger partial charge in [-0.25, -0.2) is 4.39 Å². The molecule has 1 fully saturated rings. The smallest absolute Gasteiger partial charge is 0.249 e. The average molecular weight is 244 g/mol. The maximum absolute atomic E-state index is 13.0. The van der Waals surface area contributed by atoms with E-state index in [0.717, 1.165) is 6.42 Å². The lowest BCUT2D eigenvalue weighted by Gasteiger charge is -2.00. The largest absolute Gasteiger partial charge is 0.319 e. The average Bonchev–Trinajstić information content (AvgIpc) is 2.39. The second kappa shape index (κ2) is 2.05. The van der Waals surface area contributed by atoms with Crippen molar-refractivity contribution in [2.24, 2.45) is 0 Å². The van der Waals surface area contributed by atoms with Gasteiger partial charge in [-0.15, -0.1) is 0 Å². The van der Waals surface area contributed by atoms with Gasteiger partial charge in [-0.05, 0) is 29.0 Å². The molecule has 2 atom stereocenters. The highest BCUT2D eigenvalue weighted by Gasteiger charge is 2.68. The first-order valence-electron chi connectivity index (χ1n) is 3.16. The summed E-state index contributed by atoms with van der Waals surface area (Å²) in [6, 6.07) is 0. The number of hydrogen-bond donors (Lipinski definition) is 0. The van der Waals surface area contributed by atoms with Crippen LogP contribution in [0.2, 0.25) is 0 Å². The Morgan fingerprint density at radius 1 is 1.44 bits per heavy atom. The molecule has 1 saturated heterocycles. The molecule has 0 aliphatic carbocycles. The Labute approximate surface area is 68.1 Å². The topological polar surface area (TPSA) is 12.5 Å². The summed E-state index contributed by atoms with van der Waals surface area (Å²) in [5, 5.41) is 0. The van der Waals surface area contributed by atoms with E-state index in [0.29, 0.717) is 6.42 Å².